The topological polar surface area (TPSA) is 92.9 Å². The first-order valence-corrected chi connectivity index (χ1v) is 7.34. The molecule has 1 heterocycles. The fourth-order valence-corrected chi connectivity index (χ4v) is 2.20. The van der Waals surface area contributed by atoms with Crippen molar-refractivity contribution in [1.29, 1.82) is 0 Å². The van der Waals surface area contributed by atoms with Crippen molar-refractivity contribution in [3.8, 4) is 11.5 Å². The van der Waals surface area contributed by atoms with Gasteiger partial charge in [0.15, 0.2) is 11.5 Å². The molecule has 0 spiro atoms. The second kappa shape index (κ2) is 7.59. The molecule has 1 amide bonds. The number of carbonyl (C=O) groups excluding carboxylic acids is 1. The number of methoxy groups -OCH3 is 1. The fourth-order valence-electron chi connectivity index (χ4n) is 1.78. The minimum Gasteiger partial charge on any atom is -0.504 e. The van der Waals surface area contributed by atoms with E-state index in [1.54, 1.807) is 18.2 Å². The predicted octanol–water partition coefficient (Wildman–Crippen LogP) is 1.48. The highest BCUT2D eigenvalue weighted by Crippen LogP contribution is 2.31. The van der Waals surface area contributed by atoms with Crippen molar-refractivity contribution in [2.45, 2.75) is 6.54 Å². The van der Waals surface area contributed by atoms with Crippen LogP contribution in [0.4, 0.5) is 0 Å². The van der Waals surface area contributed by atoms with Crippen LogP contribution in [0, 0.1) is 0 Å². The zero-order valence-corrected chi connectivity index (χ0v) is 13.8. The third-order valence-electron chi connectivity index (χ3n) is 2.90. The fraction of sp³-hybridized carbons (Fsp3) is 0.133. The summed E-state index contributed by atoms with van der Waals surface area (Å²) in [6, 6.07) is 7.66. The number of phenolic OH excluding ortho intramolecular Hbond substituents is 1. The molecule has 0 atom stereocenters. The van der Waals surface area contributed by atoms with Crippen LogP contribution in [0.25, 0.3) is 0 Å². The van der Waals surface area contributed by atoms with Crippen molar-refractivity contribution in [1.82, 2.24) is 9.99 Å². The van der Waals surface area contributed by atoms with Crippen molar-refractivity contribution >= 4 is 28.1 Å². The summed E-state index contributed by atoms with van der Waals surface area (Å²) in [4.78, 5) is 23.2. The van der Waals surface area contributed by atoms with Crippen LogP contribution in [0.2, 0.25) is 0 Å². The summed E-state index contributed by atoms with van der Waals surface area (Å²) < 4.78 is 6.88. The maximum Gasteiger partial charge on any atom is 0.260 e. The molecule has 0 unspecified atom stereocenters. The predicted molar refractivity (Wildman–Crippen MR) is 88.8 cm³/mol. The number of carbonyl (C=O) groups is 1. The number of hydrogen-bond acceptors (Lipinski definition) is 5. The van der Waals surface area contributed by atoms with Crippen LogP contribution in [0.3, 0.4) is 0 Å². The minimum absolute atomic E-state index is 0.0423. The Labute approximate surface area is 140 Å². The molecule has 2 rings (SSSR count). The van der Waals surface area contributed by atoms with E-state index in [1.807, 2.05) is 0 Å². The lowest BCUT2D eigenvalue weighted by molar-refractivity contribution is -0.121. The van der Waals surface area contributed by atoms with Gasteiger partial charge in [-0.2, -0.15) is 5.10 Å². The Bertz CT molecular complexity index is 802. The van der Waals surface area contributed by atoms with E-state index in [1.165, 1.54) is 36.2 Å². The first kappa shape index (κ1) is 16.8. The van der Waals surface area contributed by atoms with Crippen LogP contribution in [-0.4, -0.2) is 28.9 Å². The molecule has 23 heavy (non-hydrogen) atoms. The Balaban J connectivity index is 2.02. The summed E-state index contributed by atoms with van der Waals surface area (Å²) in [5.41, 5.74) is 2.61. The molecule has 8 heteroatoms. The van der Waals surface area contributed by atoms with Crippen molar-refractivity contribution in [3.05, 3.63) is 56.9 Å². The first-order chi connectivity index (χ1) is 11.0. The summed E-state index contributed by atoms with van der Waals surface area (Å²) in [6.07, 6.45) is 2.89. The summed E-state index contributed by atoms with van der Waals surface area (Å²) in [7, 11) is 1.45. The van der Waals surface area contributed by atoms with E-state index in [9.17, 15) is 14.7 Å². The molecule has 0 aliphatic rings. The van der Waals surface area contributed by atoms with Crippen molar-refractivity contribution in [2.24, 2.45) is 5.10 Å². The molecule has 120 valence electrons. The number of phenols is 1. The van der Waals surface area contributed by atoms with Gasteiger partial charge < -0.3 is 14.4 Å². The molecular weight excluding hydrogens is 366 g/mol. The van der Waals surface area contributed by atoms with Gasteiger partial charge in [0.25, 0.3) is 11.5 Å². The Morgan fingerprint density at radius 3 is 2.96 bits per heavy atom. The molecule has 1 aromatic carbocycles. The molecule has 2 N–H and O–H groups in total. The molecule has 0 aliphatic carbocycles. The Hall–Kier alpha value is -2.61. The van der Waals surface area contributed by atoms with Crippen LogP contribution >= 0.6 is 15.9 Å². The van der Waals surface area contributed by atoms with E-state index in [4.69, 9.17) is 4.74 Å². The summed E-state index contributed by atoms with van der Waals surface area (Å²) in [6.45, 7) is -0.133. The molecule has 0 radical (unpaired) electrons. The average molecular weight is 380 g/mol. The van der Waals surface area contributed by atoms with Crippen LogP contribution in [0.15, 0.2) is 50.9 Å². The van der Waals surface area contributed by atoms with Gasteiger partial charge in [-0.3, -0.25) is 9.59 Å². The van der Waals surface area contributed by atoms with Gasteiger partial charge in [-0.05, 0) is 34.1 Å². The van der Waals surface area contributed by atoms with Crippen LogP contribution in [-0.2, 0) is 11.3 Å². The maximum absolute atomic E-state index is 11.7. The van der Waals surface area contributed by atoms with E-state index in [0.717, 1.165) is 0 Å². The second-order valence-electron chi connectivity index (χ2n) is 4.51. The van der Waals surface area contributed by atoms with E-state index >= 15 is 0 Å². The number of aromatic nitrogens is 1. The van der Waals surface area contributed by atoms with Gasteiger partial charge in [-0.1, -0.05) is 6.07 Å². The van der Waals surface area contributed by atoms with Gasteiger partial charge in [-0.25, -0.2) is 5.43 Å². The summed E-state index contributed by atoms with van der Waals surface area (Å²) >= 11 is 3.31. The number of hydrogen-bond donors (Lipinski definition) is 2. The van der Waals surface area contributed by atoms with Crippen molar-refractivity contribution < 1.29 is 14.6 Å². The third kappa shape index (κ3) is 4.43. The molecule has 7 nitrogen and oxygen atoms in total. The van der Waals surface area contributed by atoms with Gasteiger partial charge in [0.2, 0.25) is 0 Å². The van der Waals surface area contributed by atoms with Crippen molar-refractivity contribution in [3.63, 3.8) is 0 Å². The summed E-state index contributed by atoms with van der Waals surface area (Å²) in [5, 5.41) is 13.5. The largest absolute Gasteiger partial charge is 0.504 e. The molecular formula is C15H14BrN3O4. The Kier molecular flexibility index (Phi) is 5.53. The normalized spacial score (nSPS) is 10.7. The number of pyridine rings is 1. The first-order valence-electron chi connectivity index (χ1n) is 6.55. The van der Waals surface area contributed by atoms with Gasteiger partial charge in [0.1, 0.15) is 6.54 Å². The van der Waals surface area contributed by atoms with Crippen LogP contribution < -0.4 is 15.7 Å². The molecule has 0 fully saturated rings. The SMILES string of the molecule is COc1cc(Br)c(/C=N\NC(=O)Cn2ccccc2=O)cc1O. The molecule has 0 aliphatic heterocycles. The molecule has 1 aromatic heterocycles. The maximum atomic E-state index is 11.7. The van der Waals surface area contributed by atoms with E-state index in [0.29, 0.717) is 15.8 Å². The van der Waals surface area contributed by atoms with Gasteiger partial charge in [0.05, 0.1) is 13.3 Å². The molecule has 0 saturated heterocycles. The Morgan fingerprint density at radius 1 is 1.48 bits per heavy atom. The van der Waals surface area contributed by atoms with Gasteiger partial charge >= 0.3 is 0 Å². The second-order valence-corrected chi connectivity index (χ2v) is 5.36. The smallest absolute Gasteiger partial charge is 0.260 e. The highest BCUT2D eigenvalue weighted by molar-refractivity contribution is 9.10. The number of halogens is 1. The lowest BCUT2D eigenvalue weighted by Gasteiger charge is -2.06. The number of nitrogens with zero attached hydrogens (tertiary/aromatic N) is 2. The number of amides is 1. The summed E-state index contributed by atoms with van der Waals surface area (Å²) in [5.74, 6) is -0.163. The number of hydrazone groups is 1. The van der Waals surface area contributed by atoms with Crippen molar-refractivity contribution in [2.75, 3.05) is 7.11 Å². The van der Waals surface area contributed by atoms with E-state index < -0.39 is 5.91 Å². The monoisotopic (exact) mass is 379 g/mol. The average Bonchev–Trinajstić information content (AvgIpc) is 2.52. The van der Waals surface area contributed by atoms with Gasteiger partial charge in [0, 0.05) is 22.3 Å². The molecule has 2 aromatic rings. The van der Waals surface area contributed by atoms with E-state index in [-0.39, 0.29) is 17.9 Å². The van der Waals surface area contributed by atoms with Crippen LogP contribution in [0.1, 0.15) is 5.56 Å². The molecule has 0 saturated carbocycles. The Morgan fingerprint density at radius 2 is 2.26 bits per heavy atom. The zero-order chi connectivity index (χ0) is 16.8. The van der Waals surface area contributed by atoms with E-state index in [2.05, 4.69) is 26.5 Å². The zero-order valence-electron chi connectivity index (χ0n) is 12.2. The highest BCUT2D eigenvalue weighted by atomic mass is 79.9. The third-order valence-corrected chi connectivity index (χ3v) is 3.59. The number of rotatable bonds is 5. The number of aromatic hydroxyl groups is 1. The minimum atomic E-state index is -0.441. The lowest BCUT2D eigenvalue weighted by atomic mass is 10.2. The highest BCUT2D eigenvalue weighted by Gasteiger charge is 2.07. The van der Waals surface area contributed by atoms with Gasteiger partial charge in [-0.15, -0.1) is 0 Å². The standard InChI is InChI=1S/C15H14BrN3O4/c1-23-13-7-11(16)10(6-12(13)20)8-17-18-14(21)9-19-5-3-2-4-15(19)22/h2-8,20H,9H2,1H3,(H,18,21)/b17-8-. The molecule has 0 bridgehead atoms. The quantitative estimate of drug-likeness (QED) is 0.607. The lowest BCUT2D eigenvalue weighted by Crippen LogP contribution is -2.28. The number of ether oxygens (including phenoxy) is 1. The number of benzene rings is 1. The number of nitrogens with one attached hydrogen (secondary N) is 1. The van der Waals surface area contributed by atoms with Crippen LogP contribution in [0.5, 0.6) is 11.5 Å².